The van der Waals surface area contributed by atoms with Crippen molar-refractivity contribution in [2.24, 2.45) is 0 Å². The molecule has 1 aromatic carbocycles. The zero-order valence-electron chi connectivity index (χ0n) is 11.7. The summed E-state index contributed by atoms with van der Waals surface area (Å²) in [7, 11) is -3.93. The van der Waals surface area contributed by atoms with Crippen molar-refractivity contribution in [2.45, 2.75) is 32.1 Å². The first-order chi connectivity index (χ1) is 9.20. The molecule has 0 heterocycles. The summed E-state index contributed by atoms with van der Waals surface area (Å²) in [5, 5.41) is 8.81. The average molecular weight is 303 g/mol. The summed E-state index contributed by atoms with van der Waals surface area (Å²) in [6.07, 6.45) is 0.492. The van der Waals surface area contributed by atoms with Crippen LogP contribution < -0.4 is 0 Å². The Morgan fingerprint density at radius 2 is 1.80 bits per heavy atom. The number of carboxylic acids is 1. The smallest absolute Gasteiger partial charge is 0.318 e. The molecule has 0 fully saturated rings. The first kappa shape index (κ1) is 16.6. The molecule has 0 aliphatic carbocycles. The highest BCUT2D eigenvalue weighted by Crippen LogP contribution is 2.22. The standard InChI is InChI=1S/C13H18FNO4S/c1-4-5-15(8-12(16)17)20(18,19)11-6-9(2)13(14)10(3)7-11/h6-7H,4-5,8H2,1-3H3,(H,16,17). The van der Waals surface area contributed by atoms with Crippen molar-refractivity contribution in [1.82, 2.24) is 4.31 Å². The van der Waals surface area contributed by atoms with E-state index in [2.05, 4.69) is 0 Å². The summed E-state index contributed by atoms with van der Waals surface area (Å²) in [6, 6.07) is 2.45. The van der Waals surface area contributed by atoms with Crippen LogP contribution in [0.15, 0.2) is 17.0 Å². The molecule has 1 aromatic rings. The third kappa shape index (κ3) is 3.55. The minimum atomic E-state index is -3.93. The lowest BCUT2D eigenvalue weighted by atomic mass is 10.1. The summed E-state index contributed by atoms with van der Waals surface area (Å²) in [5.41, 5.74) is 0.436. The van der Waals surface area contributed by atoms with E-state index in [4.69, 9.17) is 5.11 Å². The predicted octanol–water partition coefficient (Wildman–Crippen LogP) is 1.93. The van der Waals surface area contributed by atoms with Crippen LogP contribution >= 0.6 is 0 Å². The fraction of sp³-hybridized carbons (Fsp3) is 0.462. The van der Waals surface area contributed by atoms with Gasteiger partial charge in [-0.2, -0.15) is 4.31 Å². The van der Waals surface area contributed by atoms with Crippen molar-refractivity contribution >= 4 is 16.0 Å². The van der Waals surface area contributed by atoms with Crippen LogP contribution in [0.3, 0.4) is 0 Å². The Bertz CT molecular complexity index is 590. The number of aliphatic carboxylic acids is 1. The van der Waals surface area contributed by atoms with Crippen LogP contribution in [-0.4, -0.2) is 36.9 Å². The van der Waals surface area contributed by atoms with Crippen molar-refractivity contribution < 1.29 is 22.7 Å². The molecule has 1 N–H and O–H groups in total. The van der Waals surface area contributed by atoms with E-state index < -0.39 is 28.4 Å². The fourth-order valence-electron chi connectivity index (χ4n) is 1.89. The number of carboxylic acid groups (broad SMARTS) is 1. The quantitative estimate of drug-likeness (QED) is 0.871. The Hall–Kier alpha value is -1.47. The second kappa shape index (κ2) is 6.32. The van der Waals surface area contributed by atoms with Gasteiger partial charge in [-0.15, -0.1) is 0 Å². The van der Waals surface area contributed by atoms with Gasteiger partial charge in [0.05, 0.1) is 4.90 Å². The zero-order valence-corrected chi connectivity index (χ0v) is 12.5. The number of sulfonamides is 1. The Balaban J connectivity index is 3.29. The molecule has 112 valence electrons. The van der Waals surface area contributed by atoms with Crippen molar-refractivity contribution in [1.29, 1.82) is 0 Å². The predicted molar refractivity (Wildman–Crippen MR) is 72.6 cm³/mol. The molecular formula is C13H18FNO4S. The Morgan fingerprint density at radius 1 is 1.30 bits per heavy atom. The summed E-state index contributed by atoms with van der Waals surface area (Å²) in [6.45, 7) is 4.20. The van der Waals surface area contributed by atoms with Gasteiger partial charge >= 0.3 is 5.97 Å². The van der Waals surface area contributed by atoms with Gasteiger partial charge in [0.25, 0.3) is 0 Å². The number of hydrogen-bond acceptors (Lipinski definition) is 3. The topological polar surface area (TPSA) is 74.7 Å². The number of rotatable bonds is 6. The lowest BCUT2D eigenvalue weighted by Crippen LogP contribution is -2.36. The van der Waals surface area contributed by atoms with E-state index in [0.29, 0.717) is 6.42 Å². The van der Waals surface area contributed by atoms with Crippen LogP contribution in [0.4, 0.5) is 4.39 Å². The minimum absolute atomic E-state index is 0.0800. The number of nitrogens with zero attached hydrogens (tertiary/aromatic N) is 1. The van der Waals surface area contributed by atoms with Gasteiger partial charge in [-0.05, 0) is 43.5 Å². The molecule has 1 rings (SSSR count). The molecule has 0 spiro atoms. The van der Waals surface area contributed by atoms with Crippen LogP contribution in [0, 0.1) is 19.7 Å². The second-order valence-corrected chi connectivity index (χ2v) is 6.54. The minimum Gasteiger partial charge on any atom is -0.480 e. The van der Waals surface area contributed by atoms with Gasteiger partial charge in [0.2, 0.25) is 10.0 Å². The van der Waals surface area contributed by atoms with Gasteiger partial charge in [-0.25, -0.2) is 12.8 Å². The molecule has 7 heteroatoms. The van der Waals surface area contributed by atoms with Gasteiger partial charge < -0.3 is 5.11 Å². The number of aryl methyl sites for hydroxylation is 2. The Morgan fingerprint density at radius 3 is 2.20 bits per heavy atom. The maximum Gasteiger partial charge on any atom is 0.318 e. The van der Waals surface area contributed by atoms with E-state index in [1.54, 1.807) is 6.92 Å². The maximum atomic E-state index is 13.6. The summed E-state index contributed by atoms with van der Waals surface area (Å²) in [4.78, 5) is 10.7. The van der Waals surface area contributed by atoms with Crippen molar-refractivity contribution in [2.75, 3.05) is 13.1 Å². The van der Waals surface area contributed by atoms with Crippen molar-refractivity contribution in [3.63, 3.8) is 0 Å². The zero-order chi connectivity index (χ0) is 15.5. The molecule has 20 heavy (non-hydrogen) atoms. The number of hydrogen-bond donors (Lipinski definition) is 1. The molecule has 0 radical (unpaired) electrons. The molecule has 5 nitrogen and oxygen atoms in total. The SMILES string of the molecule is CCCN(CC(=O)O)S(=O)(=O)c1cc(C)c(F)c(C)c1. The monoisotopic (exact) mass is 303 g/mol. The van der Waals surface area contributed by atoms with Crippen LogP contribution in [0.1, 0.15) is 24.5 Å². The first-order valence-electron chi connectivity index (χ1n) is 6.18. The van der Waals surface area contributed by atoms with Crippen molar-refractivity contribution in [3.8, 4) is 0 Å². The highest BCUT2D eigenvalue weighted by molar-refractivity contribution is 7.89. The molecule has 0 atom stereocenters. The van der Waals surface area contributed by atoms with E-state index >= 15 is 0 Å². The van der Waals surface area contributed by atoms with Gasteiger partial charge in [-0.1, -0.05) is 6.92 Å². The Kier molecular flexibility index (Phi) is 5.24. The molecule has 0 saturated heterocycles. The Labute approximate surface area is 118 Å². The molecular weight excluding hydrogens is 285 g/mol. The summed E-state index contributed by atoms with van der Waals surface area (Å²) < 4.78 is 39.3. The van der Waals surface area contributed by atoms with Crippen LogP contribution in [-0.2, 0) is 14.8 Å². The summed E-state index contributed by atoms with van der Waals surface area (Å²) in [5.74, 6) is -1.68. The molecule has 0 unspecified atom stereocenters. The maximum absolute atomic E-state index is 13.6. The second-order valence-electron chi connectivity index (χ2n) is 4.60. The molecule has 0 bridgehead atoms. The first-order valence-corrected chi connectivity index (χ1v) is 7.62. The van der Waals surface area contributed by atoms with E-state index in [9.17, 15) is 17.6 Å². The van der Waals surface area contributed by atoms with Crippen LogP contribution in [0.2, 0.25) is 0 Å². The third-order valence-corrected chi connectivity index (χ3v) is 4.66. The normalized spacial score (nSPS) is 11.8. The largest absolute Gasteiger partial charge is 0.480 e. The van der Waals surface area contributed by atoms with E-state index in [0.717, 1.165) is 4.31 Å². The molecule has 0 aliphatic heterocycles. The number of halogens is 1. The fourth-order valence-corrected chi connectivity index (χ4v) is 3.54. The van der Waals surface area contributed by atoms with Gasteiger partial charge in [0.15, 0.2) is 0 Å². The lowest BCUT2D eigenvalue weighted by Gasteiger charge is -2.20. The third-order valence-electron chi connectivity index (χ3n) is 2.83. The lowest BCUT2D eigenvalue weighted by molar-refractivity contribution is -0.137. The van der Waals surface area contributed by atoms with Gasteiger partial charge in [0.1, 0.15) is 12.4 Å². The highest BCUT2D eigenvalue weighted by atomic mass is 32.2. The molecule has 0 aromatic heterocycles. The number of carbonyl (C=O) groups is 1. The average Bonchev–Trinajstić information content (AvgIpc) is 2.34. The summed E-state index contributed by atoms with van der Waals surface area (Å²) >= 11 is 0. The van der Waals surface area contributed by atoms with Crippen LogP contribution in [0.25, 0.3) is 0 Å². The van der Waals surface area contributed by atoms with Gasteiger partial charge in [0, 0.05) is 6.54 Å². The highest BCUT2D eigenvalue weighted by Gasteiger charge is 2.26. The van der Waals surface area contributed by atoms with E-state index in [-0.39, 0.29) is 22.6 Å². The van der Waals surface area contributed by atoms with Crippen molar-refractivity contribution in [3.05, 3.63) is 29.1 Å². The van der Waals surface area contributed by atoms with Gasteiger partial charge in [-0.3, -0.25) is 4.79 Å². The number of benzene rings is 1. The van der Waals surface area contributed by atoms with Crippen LogP contribution in [0.5, 0.6) is 0 Å². The molecule has 0 saturated carbocycles. The van der Waals surface area contributed by atoms with E-state index in [1.165, 1.54) is 26.0 Å². The molecule has 0 amide bonds. The van der Waals surface area contributed by atoms with E-state index in [1.807, 2.05) is 0 Å². The molecule has 0 aliphatic rings.